The Hall–Kier alpha value is -2.36. The van der Waals surface area contributed by atoms with Gasteiger partial charge in [0.05, 0.1) is 33.5 Å². The minimum absolute atomic E-state index is 0.00393. The lowest BCUT2D eigenvalue weighted by Crippen LogP contribution is -2.44. The van der Waals surface area contributed by atoms with Crippen molar-refractivity contribution in [2.24, 2.45) is 0 Å². The van der Waals surface area contributed by atoms with Gasteiger partial charge < -0.3 is 19.5 Å². The summed E-state index contributed by atoms with van der Waals surface area (Å²) in [4.78, 5) is 18.6. The lowest BCUT2D eigenvalue weighted by atomic mass is 10.0. The highest BCUT2D eigenvalue weighted by Gasteiger charge is 2.24. The molecule has 1 fully saturated rings. The molecule has 1 unspecified atom stereocenters. The smallest absolute Gasteiger partial charge is 0.321 e. The van der Waals surface area contributed by atoms with Crippen LogP contribution in [0.5, 0.6) is 11.5 Å². The van der Waals surface area contributed by atoms with Crippen molar-refractivity contribution in [2.75, 3.05) is 52.4 Å². The number of benzene rings is 1. The molecular weight excluding hydrogens is 368 g/mol. The third kappa shape index (κ3) is 5.09. The van der Waals surface area contributed by atoms with Crippen molar-refractivity contribution in [1.29, 1.82) is 0 Å². The maximum atomic E-state index is 12.2. The summed E-state index contributed by atoms with van der Waals surface area (Å²) < 4.78 is 16.2. The van der Waals surface area contributed by atoms with Gasteiger partial charge in [-0.15, -0.1) is 11.3 Å². The van der Waals surface area contributed by atoms with E-state index >= 15 is 0 Å². The molecule has 3 rings (SSSR count). The number of hydrogen-bond acceptors (Lipinski definition) is 7. The molecule has 1 saturated heterocycles. The number of methoxy groups -OCH3 is 2. The number of hydrogen-bond donors (Lipinski definition) is 2. The Bertz CT molecular complexity index is 735. The zero-order valence-corrected chi connectivity index (χ0v) is 16.3. The molecule has 1 aromatic heterocycles. The summed E-state index contributed by atoms with van der Waals surface area (Å²) in [6.07, 6.45) is 1.65. The summed E-state index contributed by atoms with van der Waals surface area (Å²) in [5.74, 6) is 1.34. The Morgan fingerprint density at radius 2 is 2.07 bits per heavy atom. The zero-order chi connectivity index (χ0) is 19.1. The van der Waals surface area contributed by atoms with Gasteiger partial charge in [0, 0.05) is 31.2 Å². The second-order valence-corrected chi connectivity index (χ2v) is 6.85. The average Bonchev–Trinajstić information content (AvgIpc) is 3.21. The number of amides is 2. The number of urea groups is 1. The van der Waals surface area contributed by atoms with E-state index in [0.717, 1.165) is 18.7 Å². The van der Waals surface area contributed by atoms with Gasteiger partial charge in [-0.1, -0.05) is 6.07 Å². The van der Waals surface area contributed by atoms with Gasteiger partial charge in [0.15, 0.2) is 16.6 Å². The Kier molecular flexibility index (Phi) is 6.86. The quantitative estimate of drug-likeness (QED) is 0.752. The summed E-state index contributed by atoms with van der Waals surface area (Å²) >= 11 is 1.38. The van der Waals surface area contributed by atoms with Crippen LogP contribution >= 0.6 is 11.3 Å². The minimum atomic E-state index is -0.274. The molecule has 2 aromatic rings. The average molecular weight is 392 g/mol. The summed E-state index contributed by atoms with van der Waals surface area (Å²) in [5.41, 5.74) is 1.05. The molecule has 1 atom stereocenters. The van der Waals surface area contributed by atoms with Gasteiger partial charge in [-0.3, -0.25) is 10.2 Å². The lowest BCUT2D eigenvalue weighted by molar-refractivity contribution is 0.0167. The van der Waals surface area contributed by atoms with E-state index in [1.807, 2.05) is 23.6 Å². The third-order valence-electron chi connectivity index (χ3n) is 4.39. The van der Waals surface area contributed by atoms with Gasteiger partial charge in [0.2, 0.25) is 0 Å². The number of carbonyl (C=O) groups excluding carboxylic acids is 1. The Morgan fingerprint density at radius 1 is 1.30 bits per heavy atom. The van der Waals surface area contributed by atoms with E-state index in [-0.39, 0.29) is 12.1 Å². The SMILES string of the molecule is COc1ccc(C(CNC(=O)Nc2nccs2)N2CCOCC2)cc1OC. The molecule has 0 radical (unpaired) electrons. The normalized spacial score (nSPS) is 15.8. The molecule has 0 spiro atoms. The van der Waals surface area contributed by atoms with Crippen molar-refractivity contribution in [3.8, 4) is 11.5 Å². The van der Waals surface area contributed by atoms with E-state index < -0.39 is 0 Å². The monoisotopic (exact) mass is 392 g/mol. The highest BCUT2D eigenvalue weighted by atomic mass is 32.1. The maximum absolute atomic E-state index is 12.2. The van der Waals surface area contributed by atoms with E-state index in [1.54, 1.807) is 20.4 Å². The highest BCUT2D eigenvalue weighted by Crippen LogP contribution is 2.32. The van der Waals surface area contributed by atoms with Crippen LogP contribution in [0.4, 0.5) is 9.93 Å². The van der Waals surface area contributed by atoms with Crippen LogP contribution in [-0.4, -0.2) is 63.0 Å². The van der Waals surface area contributed by atoms with E-state index in [4.69, 9.17) is 14.2 Å². The van der Waals surface area contributed by atoms with Crippen LogP contribution in [0.2, 0.25) is 0 Å². The Labute approximate surface area is 162 Å². The lowest BCUT2D eigenvalue weighted by Gasteiger charge is -2.35. The molecule has 2 amide bonds. The molecule has 0 bridgehead atoms. The molecule has 0 aliphatic carbocycles. The summed E-state index contributed by atoms with van der Waals surface area (Å²) in [5, 5.41) is 8.07. The van der Waals surface area contributed by atoms with Crippen LogP contribution in [0.1, 0.15) is 11.6 Å². The summed E-state index contributed by atoms with van der Waals surface area (Å²) in [6, 6.07) is 5.57. The summed E-state index contributed by atoms with van der Waals surface area (Å²) in [6.45, 7) is 3.40. The van der Waals surface area contributed by atoms with Crippen LogP contribution in [-0.2, 0) is 4.74 Å². The Morgan fingerprint density at radius 3 is 2.74 bits per heavy atom. The van der Waals surface area contributed by atoms with Crippen molar-refractivity contribution in [2.45, 2.75) is 6.04 Å². The standard InChI is InChI=1S/C18H24N4O4S/c1-24-15-4-3-13(11-16(15)25-2)14(22-6-8-26-9-7-22)12-20-17(23)21-18-19-5-10-27-18/h3-5,10-11,14H,6-9,12H2,1-2H3,(H2,19,20,21,23). The fourth-order valence-corrected chi connectivity index (χ4v) is 3.55. The number of aromatic nitrogens is 1. The topological polar surface area (TPSA) is 85.0 Å². The first-order chi connectivity index (χ1) is 13.2. The predicted octanol–water partition coefficient (Wildman–Crippen LogP) is 2.36. The maximum Gasteiger partial charge on any atom is 0.321 e. The number of ether oxygens (including phenoxy) is 3. The summed E-state index contributed by atoms with van der Waals surface area (Å²) in [7, 11) is 3.23. The molecule has 1 aromatic carbocycles. The van der Waals surface area contributed by atoms with Crippen molar-refractivity contribution >= 4 is 22.5 Å². The molecule has 2 heterocycles. The fourth-order valence-electron chi connectivity index (χ4n) is 3.02. The molecule has 1 aliphatic heterocycles. The number of nitrogens with zero attached hydrogens (tertiary/aromatic N) is 2. The number of nitrogens with one attached hydrogen (secondary N) is 2. The van der Waals surface area contributed by atoms with E-state index in [1.165, 1.54) is 11.3 Å². The minimum Gasteiger partial charge on any atom is -0.493 e. The Balaban J connectivity index is 1.73. The van der Waals surface area contributed by atoms with Crippen LogP contribution in [0.3, 0.4) is 0 Å². The van der Waals surface area contributed by atoms with E-state index in [0.29, 0.717) is 36.4 Å². The zero-order valence-electron chi connectivity index (χ0n) is 15.4. The van der Waals surface area contributed by atoms with Gasteiger partial charge >= 0.3 is 6.03 Å². The highest BCUT2D eigenvalue weighted by molar-refractivity contribution is 7.13. The molecule has 8 nitrogen and oxygen atoms in total. The molecule has 9 heteroatoms. The molecular formula is C18H24N4O4S. The van der Waals surface area contributed by atoms with Crippen LogP contribution < -0.4 is 20.1 Å². The van der Waals surface area contributed by atoms with Gasteiger partial charge in [-0.05, 0) is 17.7 Å². The first kappa shape index (κ1) is 19.4. The number of rotatable bonds is 7. The first-order valence-electron chi connectivity index (χ1n) is 8.69. The molecule has 0 saturated carbocycles. The molecule has 146 valence electrons. The fraction of sp³-hybridized carbons (Fsp3) is 0.444. The number of carbonyl (C=O) groups is 1. The number of morpholine rings is 1. The van der Waals surface area contributed by atoms with Crippen molar-refractivity contribution < 1.29 is 19.0 Å². The van der Waals surface area contributed by atoms with Gasteiger partial charge in [-0.2, -0.15) is 0 Å². The largest absolute Gasteiger partial charge is 0.493 e. The molecule has 2 N–H and O–H groups in total. The van der Waals surface area contributed by atoms with Crippen molar-refractivity contribution in [3.63, 3.8) is 0 Å². The number of anilines is 1. The van der Waals surface area contributed by atoms with E-state index in [2.05, 4.69) is 20.5 Å². The predicted molar refractivity (Wildman–Crippen MR) is 104 cm³/mol. The molecule has 27 heavy (non-hydrogen) atoms. The second-order valence-electron chi connectivity index (χ2n) is 5.95. The van der Waals surface area contributed by atoms with E-state index in [9.17, 15) is 4.79 Å². The van der Waals surface area contributed by atoms with Crippen LogP contribution in [0.25, 0.3) is 0 Å². The second kappa shape index (κ2) is 9.54. The third-order valence-corrected chi connectivity index (χ3v) is 5.08. The van der Waals surface area contributed by atoms with Crippen LogP contribution in [0, 0.1) is 0 Å². The van der Waals surface area contributed by atoms with Gasteiger partial charge in [0.25, 0.3) is 0 Å². The first-order valence-corrected chi connectivity index (χ1v) is 9.57. The van der Waals surface area contributed by atoms with Crippen molar-refractivity contribution in [1.82, 2.24) is 15.2 Å². The number of thiazole rings is 1. The molecule has 1 aliphatic rings. The van der Waals surface area contributed by atoms with Crippen molar-refractivity contribution in [3.05, 3.63) is 35.3 Å². The van der Waals surface area contributed by atoms with Gasteiger partial charge in [0.1, 0.15) is 0 Å². The van der Waals surface area contributed by atoms with Gasteiger partial charge in [-0.25, -0.2) is 9.78 Å². The van der Waals surface area contributed by atoms with Crippen LogP contribution in [0.15, 0.2) is 29.8 Å².